The fourth-order valence-electron chi connectivity index (χ4n) is 3.47. The van der Waals surface area contributed by atoms with Crippen LogP contribution in [-0.4, -0.2) is 19.8 Å². The van der Waals surface area contributed by atoms with Crippen molar-refractivity contribution in [2.45, 2.75) is 32.6 Å². The van der Waals surface area contributed by atoms with Gasteiger partial charge in [-0.05, 0) is 62.1 Å². The zero-order valence-electron chi connectivity index (χ0n) is 13.3. The normalized spacial score (nSPS) is 14.9. The lowest BCUT2D eigenvalue weighted by Crippen LogP contribution is -1.98. The number of H-pyrrole nitrogens is 1. The van der Waals surface area contributed by atoms with Crippen LogP contribution >= 0.6 is 0 Å². The van der Waals surface area contributed by atoms with E-state index in [9.17, 15) is 0 Å². The first-order chi connectivity index (χ1) is 11.2. The van der Waals surface area contributed by atoms with Gasteiger partial charge in [0.15, 0.2) is 0 Å². The number of fused-ring (bicyclic) bond motifs is 2. The summed E-state index contributed by atoms with van der Waals surface area (Å²) in [7, 11) is 0. The van der Waals surface area contributed by atoms with Crippen molar-refractivity contribution in [3.05, 3.63) is 53.3 Å². The van der Waals surface area contributed by atoms with Crippen LogP contribution in [0, 0.1) is 13.8 Å². The molecule has 1 aromatic carbocycles. The van der Waals surface area contributed by atoms with Crippen LogP contribution in [0.1, 0.15) is 35.6 Å². The molecule has 0 bridgehead atoms. The Morgan fingerprint density at radius 2 is 1.96 bits per heavy atom. The molecule has 5 rings (SSSR count). The average Bonchev–Trinajstić information content (AvgIpc) is 3.11. The fourth-order valence-corrected chi connectivity index (χ4v) is 3.47. The van der Waals surface area contributed by atoms with Crippen LogP contribution in [0.25, 0.3) is 27.7 Å². The second kappa shape index (κ2) is 4.44. The van der Waals surface area contributed by atoms with Crippen molar-refractivity contribution in [2.75, 3.05) is 0 Å². The van der Waals surface area contributed by atoms with Crippen LogP contribution in [0.3, 0.4) is 0 Å². The zero-order chi connectivity index (χ0) is 15.6. The Kier molecular flexibility index (Phi) is 2.49. The van der Waals surface area contributed by atoms with Crippen molar-refractivity contribution in [3.63, 3.8) is 0 Å². The van der Waals surface area contributed by atoms with Crippen molar-refractivity contribution in [2.24, 2.45) is 0 Å². The third kappa shape index (κ3) is 1.91. The maximum atomic E-state index is 4.90. The summed E-state index contributed by atoms with van der Waals surface area (Å²) in [5.74, 6) is 0.668. The summed E-state index contributed by atoms with van der Waals surface area (Å²) in [5.41, 5.74) is 8.35. The Bertz CT molecular complexity index is 1050. The molecule has 1 N–H and O–H groups in total. The molecular weight excluding hydrogens is 284 g/mol. The Morgan fingerprint density at radius 3 is 2.78 bits per heavy atom. The maximum Gasteiger partial charge on any atom is 0.0754 e. The third-order valence-electron chi connectivity index (χ3n) is 4.86. The standard InChI is InChI=1S/C19H18N4/c1-11-3-6-16-9-17(13-4-5-13)22-23(16)19(11)14-7-12(2)18-15(8-14)10-20-21-18/h3,6-10,13H,4-5H2,1-2H3,(H,20,21). The molecule has 23 heavy (non-hydrogen) atoms. The minimum atomic E-state index is 0.668. The SMILES string of the molecule is Cc1ccc2cc(C3CC3)nn2c1-c1cc(C)c2[nH]ncc2c1. The Morgan fingerprint density at radius 1 is 1.09 bits per heavy atom. The molecule has 4 aromatic rings. The van der Waals surface area contributed by atoms with Gasteiger partial charge in [0.05, 0.1) is 28.6 Å². The van der Waals surface area contributed by atoms with Gasteiger partial charge in [-0.25, -0.2) is 4.52 Å². The number of aromatic nitrogens is 4. The highest BCUT2D eigenvalue weighted by Gasteiger charge is 2.26. The molecule has 1 fully saturated rings. The van der Waals surface area contributed by atoms with E-state index in [1.807, 2.05) is 6.20 Å². The third-order valence-corrected chi connectivity index (χ3v) is 4.86. The number of rotatable bonds is 2. The smallest absolute Gasteiger partial charge is 0.0754 e. The van der Waals surface area contributed by atoms with Gasteiger partial charge in [0.1, 0.15) is 0 Å². The Labute approximate surface area is 134 Å². The van der Waals surface area contributed by atoms with Crippen LogP contribution in [0.5, 0.6) is 0 Å². The van der Waals surface area contributed by atoms with Gasteiger partial charge in [-0.15, -0.1) is 0 Å². The first-order valence-electron chi connectivity index (χ1n) is 8.14. The van der Waals surface area contributed by atoms with Gasteiger partial charge in [-0.2, -0.15) is 10.2 Å². The second-order valence-corrected chi connectivity index (χ2v) is 6.67. The molecule has 1 saturated carbocycles. The van der Waals surface area contributed by atoms with Crippen LogP contribution in [0.15, 0.2) is 36.5 Å². The predicted molar refractivity (Wildman–Crippen MR) is 91.7 cm³/mol. The monoisotopic (exact) mass is 302 g/mol. The van der Waals surface area contributed by atoms with Crippen molar-refractivity contribution in [1.82, 2.24) is 19.8 Å². The molecule has 0 saturated heterocycles. The molecule has 0 aliphatic heterocycles. The molecule has 0 spiro atoms. The van der Waals surface area contributed by atoms with E-state index in [2.05, 4.69) is 58.9 Å². The van der Waals surface area contributed by atoms with Gasteiger partial charge in [0.25, 0.3) is 0 Å². The van der Waals surface area contributed by atoms with Gasteiger partial charge in [-0.3, -0.25) is 5.10 Å². The second-order valence-electron chi connectivity index (χ2n) is 6.67. The predicted octanol–water partition coefficient (Wildman–Crippen LogP) is 4.37. The van der Waals surface area contributed by atoms with E-state index in [0.29, 0.717) is 5.92 Å². The summed E-state index contributed by atoms with van der Waals surface area (Å²) in [6, 6.07) is 11.0. The number of nitrogens with zero attached hydrogens (tertiary/aromatic N) is 3. The number of aromatic amines is 1. The zero-order valence-corrected chi connectivity index (χ0v) is 13.3. The molecule has 3 heterocycles. The summed E-state index contributed by atoms with van der Waals surface area (Å²) in [6.45, 7) is 4.28. The highest BCUT2D eigenvalue weighted by Crippen LogP contribution is 2.40. The molecule has 4 nitrogen and oxygen atoms in total. The van der Waals surface area contributed by atoms with Gasteiger partial charge in [-0.1, -0.05) is 6.07 Å². The molecule has 1 aliphatic rings. The molecule has 4 heteroatoms. The molecule has 114 valence electrons. The Balaban J connectivity index is 1.81. The Hall–Kier alpha value is -2.62. The first kappa shape index (κ1) is 12.9. The largest absolute Gasteiger partial charge is 0.278 e. The summed E-state index contributed by atoms with van der Waals surface area (Å²) >= 11 is 0. The summed E-state index contributed by atoms with van der Waals surface area (Å²) < 4.78 is 2.11. The highest BCUT2D eigenvalue weighted by atomic mass is 15.2. The van der Waals surface area contributed by atoms with Gasteiger partial charge >= 0.3 is 0 Å². The van der Waals surface area contributed by atoms with E-state index in [-0.39, 0.29) is 0 Å². The van der Waals surface area contributed by atoms with Crippen molar-refractivity contribution < 1.29 is 0 Å². The molecule has 3 aromatic heterocycles. The first-order valence-corrected chi connectivity index (χ1v) is 8.14. The number of aryl methyl sites for hydroxylation is 2. The van der Waals surface area contributed by atoms with E-state index in [4.69, 9.17) is 5.10 Å². The maximum absolute atomic E-state index is 4.90. The number of benzene rings is 1. The molecule has 0 radical (unpaired) electrons. The van der Waals surface area contributed by atoms with E-state index >= 15 is 0 Å². The van der Waals surface area contributed by atoms with E-state index in [0.717, 1.165) is 10.9 Å². The quantitative estimate of drug-likeness (QED) is 0.597. The highest BCUT2D eigenvalue weighted by molar-refractivity contribution is 5.87. The molecule has 0 atom stereocenters. The van der Waals surface area contributed by atoms with Gasteiger partial charge in [0.2, 0.25) is 0 Å². The lowest BCUT2D eigenvalue weighted by atomic mass is 10.0. The van der Waals surface area contributed by atoms with Crippen molar-refractivity contribution in [3.8, 4) is 11.3 Å². The van der Waals surface area contributed by atoms with Crippen LogP contribution in [0.2, 0.25) is 0 Å². The minimum Gasteiger partial charge on any atom is -0.278 e. The van der Waals surface area contributed by atoms with Crippen LogP contribution in [-0.2, 0) is 0 Å². The summed E-state index contributed by atoms with van der Waals surface area (Å²) in [6.07, 6.45) is 4.44. The lowest BCUT2D eigenvalue weighted by molar-refractivity contribution is 0.893. The van der Waals surface area contributed by atoms with E-state index in [1.165, 1.54) is 46.4 Å². The number of nitrogens with one attached hydrogen (secondary N) is 1. The number of hydrogen-bond acceptors (Lipinski definition) is 2. The fraction of sp³-hybridized carbons (Fsp3) is 0.263. The minimum absolute atomic E-state index is 0.668. The van der Waals surface area contributed by atoms with Crippen molar-refractivity contribution in [1.29, 1.82) is 0 Å². The summed E-state index contributed by atoms with van der Waals surface area (Å²) in [5, 5.41) is 13.3. The van der Waals surface area contributed by atoms with Crippen LogP contribution in [0.4, 0.5) is 0 Å². The lowest BCUT2D eigenvalue weighted by Gasteiger charge is -2.10. The molecule has 0 unspecified atom stereocenters. The number of pyridine rings is 1. The molecular formula is C19H18N4. The van der Waals surface area contributed by atoms with Gasteiger partial charge < -0.3 is 0 Å². The van der Waals surface area contributed by atoms with Crippen molar-refractivity contribution >= 4 is 16.4 Å². The van der Waals surface area contributed by atoms with E-state index < -0.39 is 0 Å². The number of hydrogen-bond donors (Lipinski definition) is 1. The van der Waals surface area contributed by atoms with E-state index in [1.54, 1.807) is 0 Å². The van der Waals surface area contributed by atoms with Crippen LogP contribution < -0.4 is 0 Å². The topological polar surface area (TPSA) is 46.0 Å². The molecule has 0 amide bonds. The summed E-state index contributed by atoms with van der Waals surface area (Å²) in [4.78, 5) is 0. The van der Waals surface area contributed by atoms with Gasteiger partial charge in [0, 0.05) is 16.9 Å². The molecule has 1 aliphatic carbocycles. The average molecular weight is 302 g/mol.